The second-order valence-corrected chi connectivity index (χ2v) is 30.4. The number of thioether (sulfide) groups is 1. The molecule has 123 heavy (non-hydrogen) atoms. The number of aromatic amines is 2. The first-order valence-corrected chi connectivity index (χ1v) is 40.7. The minimum Gasteiger partial charge on any atom is -0.508 e. The Balaban J connectivity index is 1.20. The van der Waals surface area contributed by atoms with Gasteiger partial charge in [-0.05, 0) is 83.8 Å². The van der Waals surface area contributed by atoms with Gasteiger partial charge < -0.3 is 121 Å². The second kappa shape index (κ2) is 47.3. The maximum absolute atomic E-state index is 15.4. The number of carbonyl (C=O) groups is 14. The molecule has 4 aromatic carbocycles. The van der Waals surface area contributed by atoms with Crippen molar-refractivity contribution in [3.63, 3.8) is 0 Å². The molecule has 1 saturated heterocycles. The van der Waals surface area contributed by atoms with Gasteiger partial charge in [-0.25, -0.2) is 15.0 Å². The van der Waals surface area contributed by atoms with Gasteiger partial charge in [0.2, 0.25) is 82.7 Å². The van der Waals surface area contributed by atoms with Crippen LogP contribution in [0.3, 0.4) is 0 Å². The van der Waals surface area contributed by atoms with Crippen LogP contribution in [-0.4, -0.2) is 257 Å². The number of likely N-dealkylation sites (N-methyl/N-ethyl adjacent to an activating group) is 1. The Hall–Kier alpha value is -13.7. The summed E-state index contributed by atoms with van der Waals surface area (Å²) in [6.45, 7) is -1.25. The average molecular weight is 1740 g/mol. The second-order valence-electron chi connectivity index (χ2n) is 28.9. The molecule has 8 rings (SSSR count). The van der Waals surface area contributed by atoms with Crippen LogP contribution in [-0.2, 0) is 113 Å². The zero-order valence-corrected chi connectivity index (χ0v) is 69.1. The SMILES string of the molecule is CC[C@@H]1NC(=O)[C@H](Cc2ccc(Cl)cc2)NC(=O)CSC[C@@H](C(=O)NCC(N)=O)NC(=O)[C@H](Cc2cncn2C)NC(=O)[C@H](CCCNC(=N)N)NC(=O)[C@H](Cc2c[nH]cn2)NC(=O)[C@H](Cc2ccc(O)cc2)N(C)C(=O)[C@H](CCCNC(=N)N)NC(=O)[C@H](CO)NC(=O)CNC(=O)[C@H](Cc2c[nH]cn2)NC(=O)[C@H](Cc2cccc3ccccc23)NC1=O. The highest BCUT2D eigenvalue weighted by Gasteiger charge is 2.39. The molecular weight excluding hydrogens is 1640 g/mol. The van der Waals surface area contributed by atoms with E-state index in [9.17, 15) is 48.6 Å². The molecule has 7 aromatic rings. The van der Waals surface area contributed by atoms with E-state index >= 15 is 28.8 Å². The van der Waals surface area contributed by atoms with E-state index in [0.717, 1.165) is 22.0 Å². The number of aliphatic hydroxyl groups is 1. The van der Waals surface area contributed by atoms with Gasteiger partial charge in [-0.3, -0.25) is 77.9 Å². The molecule has 4 heterocycles. The van der Waals surface area contributed by atoms with Crippen LogP contribution < -0.4 is 91.6 Å². The highest BCUT2D eigenvalue weighted by atomic mass is 35.5. The van der Waals surface area contributed by atoms with Crippen LogP contribution in [0.15, 0.2) is 129 Å². The molecule has 11 atom stereocenters. The zero-order valence-electron chi connectivity index (χ0n) is 67.6. The van der Waals surface area contributed by atoms with Gasteiger partial charge in [0.1, 0.15) is 72.2 Å². The maximum atomic E-state index is 15.4. The number of aryl methyl sites for hydroxylation is 1. The monoisotopic (exact) mass is 1740 g/mol. The van der Waals surface area contributed by atoms with E-state index in [1.165, 1.54) is 73.5 Å². The number of hydrogen-bond acceptors (Lipinski definition) is 22. The van der Waals surface area contributed by atoms with E-state index in [2.05, 4.69) is 99.4 Å². The van der Waals surface area contributed by atoms with Gasteiger partial charge in [-0.15, -0.1) is 11.8 Å². The number of carbonyl (C=O) groups excluding carboxylic acids is 14. The Bertz CT molecular complexity index is 4840. The van der Waals surface area contributed by atoms with Crippen LogP contribution in [0.1, 0.15) is 72.8 Å². The summed E-state index contributed by atoms with van der Waals surface area (Å²) < 4.78 is 1.53. The molecule has 658 valence electrons. The Labute approximate surface area is 715 Å². The van der Waals surface area contributed by atoms with Crippen LogP contribution in [0.25, 0.3) is 10.8 Å². The van der Waals surface area contributed by atoms with Crippen molar-refractivity contribution in [1.29, 1.82) is 10.8 Å². The Morgan fingerprint density at radius 2 is 1.06 bits per heavy atom. The molecule has 0 bridgehead atoms. The highest BCUT2D eigenvalue weighted by Crippen LogP contribution is 2.22. The molecule has 42 nitrogen and oxygen atoms in total. The zero-order chi connectivity index (χ0) is 89.2. The molecule has 0 spiro atoms. The molecule has 0 unspecified atom stereocenters. The number of aliphatic hydroxyl groups excluding tert-OH is 1. The fourth-order valence-corrected chi connectivity index (χ4v) is 14.1. The number of aromatic hydroxyl groups is 1. The van der Waals surface area contributed by atoms with E-state index in [1.54, 1.807) is 68.6 Å². The molecule has 0 radical (unpaired) electrons. The quantitative estimate of drug-likeness (QED) is 0.0145. The van der Waals surface area contributed by atoms with Crippen molar-refractivity contribution in [2.24, 2.45) is 24.2 Å². The number of benzene rings is 4. The van der Waals surface area contributed by atoms with Gasteiger partial charge >= 0.3 is 0 Å². The number of halogens is 1. The smallest absolute Gasteiger partial charge is 0.245 e. The van der Waals surface area contributed by atoms with Crippen molar-refractivity contribution in [2.75, 3.05) is 51.3 Å². The van der Waals surface area contributed by atoms with Crippen molar-refractivity contribution in [2.45, 2.75) is 144 Å². The molecule has 1 fully saturated rings. The van der Waals surface area contributed by atoms with Gasteiger partial charge in [-0.1, -0.05) is 85.3 Å². The number of imidazole rings is 3. The van der Waals surface area contributed by atoms with Gasteiger partial charge in [0.15, 0.2) is 11.9 Å². The fourth-order valence-electron chi connectivity index (χ4n) is 13.1. The first-order chi connectivity index (χ1) is 58.8. The van der Waals surface area contributed by atoms with Crippen LogP contribution in [0.2, 0.25) is 5.02 Å². The van der Waals surface area contributed by atoms with E-state index in [4.69, 9.17) is 39.6 Å². The summed E-state index contributed by atoms with van der Waals surface area (Å²) in [4.78, 5) is 224. The fraction of sp³-hybridized carbons (Fsp3) is 0.405. The molecule has 26 N–H and O–H groups in total. The van der Waals surface area contributed by atoms with E-state index in [1.807, 2.05) is 12.1 Å². The molecule has 3 aromatic heterocycles. The largest absolute Gasteiger partial charge is 0.508 e. The number of rotatable bonds is 25. The molecule has 44 heteroatoms. The minimum absolute atomic E-state index is 0.000110. The number of primary amides is 1. The number of phenolic OH excluding ortho intramolecular Hbond substituents is 1. The molecule has 1 aliphatic heterocycles. The Morgan fingerprint density at radius 1 is 0.553 bits per heavy atom. The summed E-state index contributed by atoms with van der Waals surface area (Å²) in [5.41, 5.74) is 18.8. The molecule has 0 saturated carbocycles. The van der Waals surface area contributed by atoms with Crippen molar-refractivity contribution in [3.05, 3.63) is 167 Å². The number of aromatic nitrogens is 6. The van der Waals surface area contributed by atoms with E-state index in [0.29, 0.717) is 32.8 Å². The van der Waals surface area contributed by atoms with Gasteiger partial charge in [0, 0.05) is 101 Å². The van der Waals surface area contributed by atoms with Crippen LogP contribution in [0, 0.1) is 10.8 Å². The number of hydrogen-bond donors (Lipinski definition) is 23. The lowest BCUT2D eigenvalue weighted by molar-refractivity contribution is -0.143. The Morgan fingerprint density at radius 3 is 1.64 bits per heavy atom. The Kier molecular flexibility index (Phi) is 36.5. The number of nitrogens with two attached hydrogens (primary N) is 3. The lowest BCUT2D eigenvalue weighted by atomic mass is 9.97. The van der Waals surface area contributed by atoms with Crippen LogP contribution in [0.5, 0.6) is 5.75 Å². The average Bonchev–Trinajstić information content (AvgIpc) is 1.25. The number of fused-ring (bicyclic) bond motifs is 1. The summed E-state index contributed by atoms with van der Waals surface area (Å²) in [6.07, 6.45) is 5.75. The number of H-pyrrole nitrogens is 2. The molecule has 1 aliphatic rings. The number of guanidine groups is 2. The molecular formula is C79H103ClN26O16S. The standard InChI is InChI=1S/C79H103ClN26O16S/c1-4-53-69(114)100-57(28-46-12-7-11-45-10-5-6-13-52(45)46)72(117)101-58(29-48-32-86-40-93-48)67(112)92-36-65(110)96-61(37-107)75(120)99-55(15-9-25-90-79(84)85)77(122)106(3)63(27-44-18-22-51(108)23-19-44)76(121)103-59(30-49-33-87-41-94-49)73(118)98-54(14-8-24-89-78(82)83)70(115)102-60(31-50-34-88-42-105(50)2)74(119)104-62(68(113)91-35-64(81)109)38-123-39-66(111)95-56(71(116)97-53)26-43-16-20-47(80)21-17-43/h5-7,10-13,16-23,32-34,40-42,53-63,107-108H,4,8-9,14-15,24-31,35-39H2,1-3H3,(H2,81,109)(H,86,93)(H,87,94)(H,91,113)(H,92,112)(H,95,111)(H,96,110)(H,97,116)(H,98,118)(H,99,120)(H,100,114)(H,101,117)(H,102,115)(H,103,121)(H,104,119)(H4,82,83,89)(H4,84,85,90)/t53-,54-,55-,56-,57-,58-,59-,60-,61-,62-,63-/m0/s1. The maximum Gasteiger partial charge on any atom is 0.245 e. The van der Waals surface area contributed by atoms with Crippen molar-refractivity contribution >= 4 is 129 Å². The third-order valence-corrected chi connectivity index (χ3v) is 21.0. The first kappa shape index (κ1) is 94.8. The summed E-state index contributed by atoms with van der Waals surface area (Å²) >= 11 is 7.04. The minimum atomic E-state index is -1.86. The number of nitrogens with zero attached hydrogens (tertiary/aromatic N) is 5. The van der Waals surface area contributed by atoms with Gasteiger partial charge in [0.05, 0.1) is 55.8 Å². The number of amides is 14. The van der Waals surface area contributed by atoms with E-state index < -0.39 is 199 Å². The summed E-state index contributed by atoms with van der Waals surface area (Å²) in [6, 6.07) is 6.59. The number of nitrogens with one attached hydrogen (secondary N) is 18. The van der Waals surface area contributed by atoms with E-state index in [-0.39, 0.29) is 94.4 Å². The predicted molar refractivity (Wildman–Crippen MR) is 450 cm³/mol. The van der Waals surface area contributed by atoms with Crippen LogP contribution >= 0.6 is 23.4 Å². The summed E-state index contributed by atoms with van der Waals surface area (Å²) in [7, 11) is 2.80. The summed E-state index contributed by atoms with van der Waals surface area (Å²) in [5.74, 6) is -15.8. The third kappa shape index (κ3) is 30.2. The van der Waals surface area contributed by atoms with Gasteiger partial charge in [0.25, 0.3) is 0 Å². The molecule has 0 aliphatic carbocycles. The van der Waals surface area contributed by atoms with Crippen molar-refractivity contribution < 1.29 is 77.3 Å². The third-order valence-electron chi connectivity index (χ3n) is 19.7. The topological polar surface area (TPSA) is 652 Å². The molecule has 14 amide bonds. The number of phenols is 1. The highest BCUT2D eigenvalue weighted by molar-refractivity contribution is 8.00. The predicted octanol–water partition coefficient (Wildman–Crippen LogP) is -4.80. The lowest BCUT2D eigenvalue weighted by Crippen LogP contribution is -2.61. The van der Waals surface area contributed by atoms with Crippen molar-refractivity contribution in [3.8, 4) is 5.75 Å². The summed E-state index contributed by atoms with van der Waals surface area (Å²) in [5, 5.41) is 74.9. The first-order valence-electron chi connectivity index (χ1n) is 39.2. The normalized spacial score (nSPS) is 21.7. The van der Waals surface area contributed by atoms with Gasteiger partial charge in [-0.2, -0.15) is 0 Å². The lowest BCUT2D eigenvalue weighted by Gasteiger charge is -2.33. The van der Waals surface area contributed by atoms with Crippen LogP contribution in [0.4, 0.5) is 0 Å². The van der Waals surface area contributed by atoms with Crippen molar-refractivity contribution in [1.82, 2.24) is 109 Å².